The van der Waals surface area contributed by atoms with Gasteiger partial charge in [-0.1, -0.05) is 97.1 Å². The number of nitrogen functional groups attached to an aromatic ring is 1. The van der Waals surface area contributed by atoms with Crippen LogP contribution in [0.3, 0.4) is 0 Å². The maximum absolute atomic E-state index is 13.1. The van der Waals surface area contributed by atoms with Gasteiger partial charge >= 0.3 is 0 Å². The molecule has 0 aliphatic carbocycles. The summed E-state index contributed by atoms with van der Waals surface area (Å²) in [4.78, 5) is 13.1. The molecule has 6 aromatic rings. The minimum Gasteiger partial charge on any atom is -0.457 e. The summed E-state index contributed by atoms with van der Waals surface area (Å²) >= 11 is 0. The Morgan fingerprint density at radius 2 is 1.05 bits per heavy atom. The van der Waals surface area contributed by atoms with Crippen molar-refractivity contribution in [3.8, 4) is 34.1 Å². The summed E-state index contributed by atoms with van der Waals surface area (Å²) in [6.07, 6.45) is 0. The SMILES string of the molecule is Cc1ccc(Oc2ccccc2)cc1N.Cc1ccc(Oc2ccccc2)cc1NC(=O)c1ccccc1-c1ccccc1. The molecule has 5 nitrogen and oxygen atoms in total. The molecule has 218 valence electrons. The topological polar surface area (TPSA) is 73.6 Å². The third-order valence-corrected chi connectivity index (χ3v) is 6.92. The summed E-state index contributed by atoms with van der Waals surface area (Å²) in [7, 11) is 0. The lowest BCUT2D eigenvalue weighted by Crippen LogP contribution is -2.14. The van der Waals surface area contributed by atoms with Crippen molar-refractivity contribution in [3.63, 3.8) is 0 Å². The number of para-hydroxylation sites is 2. The third-order valence-electron chi connectivity index (χ3n) is 6.92. The van der Waals surface area contributed by atoms with E-state index in [0.717, 1.165) is 50.9 Å². The fraction of sp³-hybridized carbons (Fsp3) is 0.0513. The van der Waals surface area contributed by atoms with Gasteiger partial charge in [0.05, 0.1) is 0 Å². The van der Waals surface area contributed by atoms with E-state index in [1.54, 1.807) is 0 Å². The number of nitrogens with one attached hydrogen (secondary N) is 1. The largest absolute Gasteiger partial charge is 0.457 e. The zero-order valence-corrected chi connectivity index (χ0v) is 24.7. The normalized spacial score (nSPS) is 10.2. The predicted octanol–water partition coefficient (Wildman–Crippen LogP) is 10.1. The number of benzene rings is 6. The molecule has 0 unspecified atom stereocenters. The molecule has 0 saturated heterocycles. The van der Waals surface area contributed by atoms with Gasteiger partial charge in [0.1, 0.15) is 23.0 Å². The Labute approximate surface area is 258 Å². The molecule has 0 saturated carbocycles. The Morgan fingerprint density at radius 1 is 0.545 bits per heavy atom. The summed E-state index contributed by atoms with van der Waals surface area (Å²) in [6, 6.07) is 48.2. The Morgan fingerprint density at radius 3 is 1.64 bits per heavy atom. The van der Waals surface area contributed by atoms with Crippen LogP contribution in [0.15, 0.2) is 152 Å². The standard InChI is InChI=1S/C26H21NO2.C13H13NO/c1-19-16-17-22(29-21-12-6-3-7-13-21)18-25(19)27-26(28)24-15-9-8-14-23(24)20-10-4-2-5-11-20;1-10-7-8-12(9-13(10)14)15-11-5-3-2-4-6-11/h2-18H,1H3,(H,27,28);2-9H,14H2,1H3. The van der Waals surface area contributed by atoms with E-state index in [-0.39, 0.29) is 5.91 Å². The second-order valence-corrected chi connectivity index (χ2v) is 10.2. The highest BCUT2D eigenvalue weighted by atomic mass is 16.5. The van der Waals surface area contributed by atoms with E-state index in [1.807, 2.05) is 166 Å². The molecule has 0 fully saturated rings. The predicted molar refractivity (Wildman–Crippen MR) is 180 cm³/mol. The van der Waals surface area contributed by atoms with Crippen LogP contribution in [0.4, 0.5) is 11.4 Å². The molecular weight excluding hydrogens is 544 g/mol. The zero-order chi connectivity index (χ0) is 30.7. The quantitative estimate of drug-likeness (QED) is 0.185. The van der Waals surface area contributed by atoms with Crippen molar-refractivity contribution >= 4 is 17.3 Å². The minimum atomic E-state index is -0.149. The maximum atomic E-state index is 13.1. The molecule has 0 aliphatic heterocycles. The van der Waals surface area contributed by atoms with Crippen molar-refractivity contribution in [2.45, 2.75) is 13.8 Å². The fourth-order valence-electron chi connectivity index (χ4n) is 4.47. The number of anilines is 2. The molecule has 0 atom stereocenters. The van der Waals surface area contributed by atoms with E-state index < -0.39 is 0 Å². The van der Waals surface area contributed by atoms with Crippen LogP contribution in [-0.2, 0) is 0 Å². The number of carbonyl (C=O) groups excluding carboxylic acids is 1. The van der Waals surface area contributed by atoms with E-state index in [9.17, 15) is 4.79 Å². The summed E-state index contributed by atoms with van der Waals surface area (Å²) in [5.74, 6) is 2.87. The number of amides is 1. The Bertz CT molecular complexity index is 1820. The summed E-state index contributed by atoms with van der Waals surface area (Å²) in [5, 5.41) is 3.04. The van der Waals surface area contributed by atoms with Crippen LogP contribution in [0.2, 0.25) is 0 Å². The highest BCUT2D eigenvalue weighted by molar-refractivity contribution is 6.09. The maximum Gasteiger partial charge on any atom is 0.256 e. The van der Waals surface area contributed by atoms with E-state index in [1.165, 1.54) is 0 Å². The van der Waals surface area contributed by atoms with E-state index >= 15 is 0 Å². The average Bonchev–Trinajstić information content (AvgIpc) is 3.06. The molecule has 0 spiro atoms. The number of ether oxygens (including phenoxy) is 2. The van der Waals surface area contributed by atoms with Crippen molar-refractivity contribution in [2.75, 3.05) is 11.1 Å². The van der Waals surface area contributed by atoms with Crippen molar-refractivity contribution in [1.29, 1.82) is 0 Å². The van der Waals surface area contributed by atoms with Crippen LogP contribution in [-0.4, -0.2) is 5.91 Å². The van der Waals surface area contributed by atoms with Crippen molar-refractivity contribution in [1.82, 2.24) is 0 Å². The van der Waals surface area contributed by atoms with Gasteiger partial charge in [0.2, 0.25) is 0 Å². The minimum absolute atomic E-state index is 0.149. The highest BCUT2D eigenvalue weighted by Gasteiger charge is 2.14. The lowest BCUT2D eigenvalue weighted by Gasteiger charge is -2.14. The van der Waals surface area contributed by atoms with Crippen molar-refractivity contribution < 1.29 is 14.3 Å². The summed E-state index contributed by atoms with van der Waals surface area (Å²) in [6.45, 7) is 3.94. The van der Waals surface area contributed by atoms with E-state index in [2.05, 4.69) is 5.32 Å². The average molecular weight is 579 g/mol. The smallest absolute Gasteiger partial charge is 0.256 e. The molecule has 6 aromatic carbocycles. The number of hydrogen-bond donors (Lipinski definition) is 2. The van der Waals surface area contributed by atoms with Crippen LogP contribution < -0.4 is 20.5 Å². The van der Waals surface area contributed by atoms with E-state index in [0.29, 0.717) is 11.3 Å². The molecule has 0 radical (unpaired) electrons. The van der Waals surface area contributed by atoms with E-state index in [4.69, 9.17) is 15.2 Å². The summed E-state index contributed by atoms with van der Waals surface area (Å²) < 4.78 is 11.5. The number of hydrogen-bond acceptors (Lipinski definition) is 4. The molecule has 0 bridgehead atoms. The van der Waals surface area contributed by atoms with Gasteiger partial charge in [-0.15, -0.1) is 0 Å². The van der Waals surface area contributed by atoms with Crippen LogP contribution >= 0.6 is 0 Å². The summed E-state index contributed by atoms with van der Waals surface area (Å²) in [5.41, 5.74) is 11.9. The lowest BCUT2D eigenvalue weighted by molar-refractivity contribution is 0.102. The molecule has 3 N–H and O–H groups in total. The van der Waals surface area contributed by atoms with Gasteiger partial charge in [-0.2, -0.15) is 0 Å². The second-order valence-electron chi connectivity index (χ2n) is 10.2. The Kier molecular flexibility index (Phi) is 9.70. The van der Waals surface area contributed by atoms with Gasteiger partial charge in [-0.25, -0.2) is 0 Å². The monoisotopic (exact) mass is 578 g/mol. The first kappa shape index (κ1) is 29.7. The van der Waals surface area contributed by atoms with Gasteiger partial charge in [-0.3, -0.25) is 4.79 Å². The molecule has 0 aromatic heterocycles. The van der Waals surface area contributed by atoms with Crippen LogP contribution in [0, 0.1) is 13.8 Å². The van der Waals surface area contributed by atoms with Gasteiger partial charge < -0.3 is 20.5 Å². The second kappa shape index (κ2) is 14.4. The van der Waals surface area contributed by atoms with Crippen LogP contribution in [0.5, 0.6) is 23.0 Å². The zero-order valence-electron chi connectivity index (χ0n) is 24.7. The first-order valence-corrected chi connectivity index (χ1v) is 14.3. The fourth-order valence-corrected chi connectivity index (χ4v) is 4.47. The number of carbonyl (C=O) groups is 1. The van der Waals surface area contributed by atoms with Gasteiger partial charge in [0.15, 0.2) is 0 Å². The first-order chi connectivity index (χ1) is 21.5. The lowest BCUT2D eigenvalue weighted by atomic mass is 9.99. The van der Waals surface area contributed by atoms with Crippen molar-refractivity contribution in [2.24, 2.45) is 0 Å². The number of aryl methyl sites for hydroxylation is 2. The third kappa shape index (κ3) is 7.93. The molecule has 0 aliphatic rings. The van der Waals surface area contributed by atoms with Crippen LogP contribution in [0.25, 0.3) is 11.1 Å². The number of rotatable bonds is 7. The molecule has 1 amide bonds. The number of nitrogens with two attached hydrogens (primary N) is 1. The Hall–Kier alpha value is -5.81. The molecule has 5 heteroatoms. The first-order valence-electron chi connectivity index (χ1n) is 14.3. The highest BCUT2D eigenvalue weighted by Crippen LogP contribution is 2.29. The van der Waals surface area contributed by atoms with Gasteiger partial charge in [0.25, 0.3) is 5.91 Å². The van der Waals surface area contributed by atoms with Crippen LogP contribution in [0.1, 0.15) is 21.5 Å². The molecule has 0 heterocycles. The molecule has 44 heavy (non-hydrogen) atoms. The Balaban J connectivity index is 0.000000215. The molecule has 6 rings (SSSR count). The van der Waals surface area contributed by atoms with Gasteiger partial charge in [-0.05, 0) is 78.6 Å². The van der Waals surface area contributed by atoms with Gasteiger partial charge in [0, 0.05) is 29.1 Å². The molecular formula is C39H34N2O3. The van der Waals surface area contributed by atoms with Crippen molar-refractivity contribution in [3.05, 3.63) is 168 Å².